The average molecular weight is 251 g/mol. The molecule has 0 unspecified atom stereocenters. The summed E-state index contributed by atoms with van der Waals surface area (Å²) >= 11 is 0. The van der Waals surface area contributed by atoms with E-state index in [1.165, 1.54) is 6.07 Å². The standard InChI is InChI=1S/C13H17NO4/c1-3-18-7-6-12(15)14-10-5-4-9(2)11(8-10)13(16)17/h4-5,8H,3,6-7H2,1-2H3,(H,14,15)(H,16,17). The third-order valence-corrected chi connectivity index (χ3v) is 2.43. The summed E-state index contributed by atoms with van der Waals surface area (Å²) in [5.41, 5.74) is 1.34. The van der Waals surface area contributed by atoms with Gasteiger partial charge in [0.1, 0.15) is 0 Å². The molecule has 18 heavy (non-hydrogen) atoms. The van der Waals surface area contributed by atoms with Crippen molar-refractivity contribution in [2.75, 3.05) is 18.5 Å². The van der Waals surface area contributed by atoms with E-state index in [4.69, 9.17) is 9.84 Å². The van der Waals surface area contributed by atoms with Gasteiger partial charge in [-0.05, 0) is 31.5 Å². The molecule has 0 saturated carbocycles. The van der Waals surface area contributed by atoms with E-state index in [2.05, 4.69) is 5.32 Å². The van der Waals surface area contributed by atoms with Crippen molar-refractivity contribution in [3.63, 3.8) is 0 Å². The Morgan fingerprint density at radius 1 is 1.39 bits per heavy atom. The molecule has 0 aromatic heterocycles. The van der Waals surface area contributed by atoms with Crippen LogP contribution in [0.25, 0.3) is 0 Å². The van der Waals surface area contributed by atoms with Crippen molar-refractivity contribution < 1.29 is 19.4 Å². The molecule has 5 heteroatoms. The maximum Gasteiger partial charge on any atom is 0.336 e. The van der Waals surface area contributed by atoms with E-state index in [0.717, 1.165) is 0 Å². The third-order valence-electron chi connectivity index (χ3n) is 2.43. The summed E-state index contributed by atoms with van der Waals surface area (Å²) in [7, 11) is 0. The zero-order valence-corrected chi connectivity index (χ0v) is 10.5. The number of carbonyl (C=O) groups is 2. The molecule has 0 atom stereocenters. The summed E-state index contributed by atoms with van der Waals surface area (Å²) in [5, 5.41) is 11.6. The quantitative estimate of drug-likeness (QED) is 0.759. The number of aryl methyl sites for hydroxylation is 1. The Hall–Kier alpha value is -1.88. The monoisotopic (exact) mass is 251 g/mol. The van der Waals surface area contributed by atoms with E-state index < -0.39 is 5.97 Å². The fourth-order valence-corrected chi connectivity index (χ4v) is 1.46. The fourth-order valence-electron chi connectivity index (χ4n) is 1.46. The number of hydrogen-bond acceptors (Lipinski definition) is 3. The lowest BCUT2D eigenvalue weighted by Gasteiger charge is -2.07. The van der Waals surface area contributed by atoms with Gasteiger partial charge in [-0.2, -0.15) is 0 Å². The maximum absolute atomic E-state index is 11.5. The van der Waals surface area contributed by atoms with Gasteiger partial charge in [0, 0.05) is 12.3 Å². The van der Waals surface area contributed by atoms with Gasteiger partial charge in [-0.3, -0.25) is 4.79 Å². The molecule has 0 aliphatic rings. The van der Waals surface area contributed by atoms with Crippen molar-refractivity contribution in [3.8, 4) is 0 Å². The Bertz CT molecular complexity index is 443. The lowest BCUT2D eigenvalue weighted by Crippen LogP contribution is -2.14. The highest BCUT2D eigenvalue weighted by atomic mass is 16.5. The molecule has 1 aromatic carbocycles. The van der Waals surface area contributed by atoms with Crippen LogP contribution in [-0.4, -0.2) is 30.2 Å². The average Bonchev–Trinajstić information content (AvgIpc) is 2.31. The molecule has 1 rings (SSSR count). The van der Waals surface area contributed by atoms with Crippen LogP contribution in [0.5, 0.6) is 0 Å². The zero-order chi connectivity index (χ0) is 13.5. The number of rotatable bonds is 6. The molecule has 0 aliphatic heterocycles. The number of benzene rings is 1. The Morgan fingerprint density at radius 2 is 2.11 bits per heavy atom. The van der Waals surface area contributed by atoms with Crippen LogP contribution in [0.3, 0.4) is 0 Å². The second-order valence-corrected chi connectivity index (χ2v) is 3.83. The first-order valence-corrected chi connectivity index (χ1v) is 5.76. The number of aromatic carboxylic acids is 1. The molecule has 98 valence electrons. The van der Waals surface area contributed by atoms with Crippen molar-refractivity contribution in [1.29, 1.82) is 0 Å². The minimum Gasteiger partial charge on any atom is -0.478 e. The molecular weight excluding hydrogens is 234 g/mol. The molecule has 0 bridgehead atoms. The summed E-state index contributed by atoms with van der Waals surface area (Å²) < 4.78 is 5.07. The number of carboxylic acids is 1. The number of ether oxygens (including phenoxy) is 1. The third kappa shape index (κ3) is 4.18. The summed E-state index contributed by atoms with van der Waals surface area (Å²) in [6, 6.07) is 4.80. The van der Waals surface area contributed by atoms with E-state index in [-0.39, 0.29) is 17.9 Å². The Balaban J connectivity index is 2.65. The van der Waals surface area contributed by atoms with E-state index in [1.54, 1.807) is 19.1 Å². The second kappa shape index (κ2) is 6.76. The fraction of sp³-hybridized carbons (Fsp3) is 0.385. The van der Waals surface area contributed by atoms with Gasteiger partial charge in [0.25, 0.3) is 0 Å². The first kappa shape index (κ1) is 14.2. The van der Waals surface area contributed by atoms with Crippen molar-refractivity contribution in [3.05, 3.63) is 29.3 Å². The van der Waals surface area contributed by atoms with Crippen LogP contribution >= 0.6 is 0 Å². The molecule has 0 heterocycles. The highest BCUT2D eigenvalue weighted by molar-refractivity contribution is 5.94. The predicted molar refractivity (Wildman–Crippen MR) is 67.9 cm³/mol. The predicted octanol–water partition coefficient (Wildman–Crippen LogP) is 2.06. The smallest absolute Gasteiger partial charge is 0.336 e. The van der Waals surface area contributed by atoms with Crippen molar-refractivity contribution in [2.45, 2.75) is 20.3 Å². The minimum absolute atomic E-state index is 0.191. The number of anilines is 1. The van der Waals surface area contributed by atoms with E-state index in [9.17, 15) is 9.59 Å². The lowest BCUT2D eigenvalue weighted by atomic mass is 10.1. The Kier molecular flexibility index (Phi) is 5.32. The molecular formula is C13H17NO4. The highest BCUT2D eigenvalue weighted by Gasteiger charge is 2.09. The Morgan fingerprint density at radius 3 is 2.72 bits per heavy atom. The van der Waals surface area contributed by atoms with Gasteiger partial charge in [-0.1, -0.05) is 6.07 Å². The largest absolute Gasteiger partial charge is 0.478 e. The van der Waals surface area contributed by atoms with Gasteiger partial charge in [0.2, 0.25) is 5.91 Å². The summed E-state index contributed by atoms with van der Waals surface area (Å²) in [5.74, 6) is -1.19. The van der Waals surface area contributed by atoms with Crippen LogP contribution in [0, 0.1) is 6.92 Å². The maximum atomic E-state index is 11.5. The van der Waals surface area contributed by atoms with E-state index >= 15 is 0 Å². The van der Waals surface area contributed by atoms with Crippen LogP contribution in [0.1, 0.15) is 29.3 Å². The van der Waals surface area contributed by atoms with Gasteiger partial charge < -0.3 is 15.2 Å². The van der Waals surface area contributed by atoms with Gasteiger partial charge in [0.05, 0.1) is 18.6 Å². The Labute approximate surface area is 106 Å². The van der Waals surface area contributed by atoms with Gasteiger partial charge in [-0.15, -0.1) is 0 Å². The van der Waals surface area contributed by atoms with Crippen molar-refractivity contribution >= 4 is 17.6 Å². The van der Waals surface area contributed by atoms with Crippen LogP contribution in [0.15, 0.2) is 18.2 Å². The van der Waals surface area contributed by atoms with Crippen LogP contribution in [-0.2, 0) is 9.53 Å². The molecule has 0 spiro atoms. The van der Waals surface area contributed by atoms with E-state index in [0.29, 0.717) is 24.5 Å². The highest BCUT2D eigenvalue weighted by Crippen LogP contribution is 2.15. The minimum atomic E-state index is -1.00. The molecule has 1 amide bonds. The zero-order valence-electron chi connectivity index (χ0n) is 10.5. The summed E-state index contributed by atoms with van der Waals surface area (Å²) in [6.07, 6.45) is 0.254. The first-order chi connectivity index (χ1) is 8.54. The molecule has 5 nitrogen and oxygen atoms in total. The number of carboxylic acid groups (broad SMARTS) is 1. The van der Waals surface area contributed by atoms with Gasteiger partial charge >= 0.3 is 5.97 Å². The second-order valence-electron chi connectivity index (χ2n) is 3.83. The van der Waals surface area contributed by atoms with Crippen molar-refractivity contribution in [2.24, 2.45) is 0 Å². The molecule has 0 radical (unpaired) electrons. The molecule has 0 saturated heterocycles. The lowest BCUT2D eigenvalue weighted by molar-refractivity contribution is -0.117. The molecule has 2 N–H and O–H groups in total. The molecule has 0 fully saturated rings. The van der Waals surface area contributed by atoms with Gasteiger partial charge in [-0.25, -0.2) is 4.79 Å². The topological polar surface area (TPSA) is 75.6 Å². The number of amides is 1. The SMILES string of the molecule is CCOCCC(=O)Nc1ccc(C)c(C(=O)O)c1. The number of nitrogens with one attached hydrogen (secondary N) is 1. The summed E-state index contributed by atoms with van der Waals surface area (Å²) in [4.78, 5) is 22.5. The normalized spacial score (nSPS) is 10.1. The van der Waals surface area contributed by atoms with Crippen LogP contribution in [0.4, 0.5) is 5.69 Å². The van der Waals surface area contributed by atoms with Crippen molar-refractivity contribution in [1.82, 2.24) is 0 Å². The molecule has 1 aromatic rings. The van der Waals surface area contributed by atoms with Gasteiger partial charge in [0.15, 0.2) is 0 Å². The molecule has 0 aliphatic carbocycles. The van der Waals surface area contributed by atoms with Crippen LogP contribution < -0.4 is 5.32 Å². The van der Waals surface area contributed by atoms with Crippen LogP contribution in [0.2, 0.25) is 0 Å². The first-order valence-electron chi connectivity index (χ1n) is 5.76. The summed E-state index contributed by atoms with van der Waals surface area (Å²) in [6.45, 7) is 4.50. The van der Waals surface area contributed by atoms with E-state index in [1.807, 2.05) is 6.92 Å². The number of hydrogen-bond donors (Lipinski definition) is 2. The number of carbonyl (C=O) groups excluding carboxylic acids is 1.